The van der Waals surface area contributed by atoms with Crippen molar-refractivity contribution in [1.29, 1.82) is 0 Å². The topological polar surface area (TPSA) is 59.6 Å². The highest BCUT2D eigenvalue weighted by Gasteiger charge is 2.06. The molecule has 0 bridgehead atoms. The van der Waals surface area contributed by atoms with Gasteiger partial charge in [-0.1, -0.05) is 19.4 Å². The summed E-state index contributed by atoms with van der Waals surface area (Å²) in [6.07, 6.45) is 3.15. The third-order valence-corrected chi connectivity index (χ3v) is 3.40. The number of hydrogen-bond donors (Lipinski definition) is 2. The molecule has 22 heavy (non-hydrogen) atoms. The second kappa shape index (κ2) is 10.00. The Morgan fingerprint density at radius 2 is 1.95 bits per heavy atom. The van der Waals surface area contributed by atoms with Gasteiger partial charge in [-0.15, -0.1) is 0 Å². The van der Waals surface area contributed by atoms with E-state index in [1.807, 2.05) is 25.1 Å². The lowest BCUT2D eigenvalue weighted by Crippen LogP contribution is -2.39. The van der Waals surface area contributed by atoms with Crippen molar-refractivity contribution in [2.24, 2.45) is 0 Å². The first-order chi connectivity index (χ1) is 10.6. The maximum absolute atomic E-state index is 11.5. The largest absolute Gasteiger partial charge is 0.493 e. The molecule has 1 rings (SSSR count). The number of ether oxygens (including phenoxy) is 2. The zero-order chi connectivity index (χ0) is 16.4. The van der Waals surface area contributed by atoms with Gasteiger partial charge in [0, 0.05) is 13.0 Å². The van der Waals surface area contributed by atoms with Gasteiger partial charge in [0.1, 0.15) is 0 Å². The van der Waals surface area contributed by atoms with Gasteiger partial charge in [0.25, 0.3) is 0 Å². The maximum atomic E-state index is 11.5. The van der Waals surface area contributed by atoms with Crippen molar-refractivity contribution in [3.63, 3.8) is 0 Å². The minimum atomic E-state index is -0.0366. The number of benzene rings is 1. The lowest BCUT2D eigenvalue weighted by molar-refractivity contribution is -0.119. The molecule has 0 aliphatic rings. The number of methoxy groups -OCH3 is 2. The van der Waals surface area contributed by atoms with Crippen molar-refractivity contribution < 1.29 is 14.3 Å². The molecule has 0 atom stereocenters. The molecule has 0 aromatic heterocycles. The summed E-state index contributed by atoms with van der Waals surface area (Å²) < 4.78 is 10.5. The van der Waals surface area contributed by atoms with Crippen molar-refractivity contribution in [3.8, 4) is 11.5 Å². The molecular weight excluding hydrogens is 300 g/mol. The minimum absolute atomic E-state index is 0.0366. The molecular formula is C16H24N2O3S. The number of nitrogens with one attached hydrogen (secondary N) is 2. The molecule has 0 saturated heterocycles. The predicted octanol–water partition coefficient (Wildman–Crippen LogP) is 2.43. The van der Waals surface area contributed by atoms with E-state index < -0.39 is 0 Å². The Labute approximate surface area is 137 Å². The number of rotatable bonds is 8. The number of amides is 1. The van der Waals surface area contributed by atoms with Gasteiger partial charge in [0.2, 0.25) is 5.91 Å². The standard InChI is InChI=1S/C16H24N2O3S/c1-4-5-6-15(19)18-16(22)17-10-9-12-7-8-13(20-2)14(11-12)21-3/h7-8,11H,4-6,9-10H2,1-3H3,(H2,17,18,19,22). The van der Waals surface area contributed by atoms with Crippen LogP contribution in [0.15, 0.2) is 18.2 Å². The van der Waals surface area contributed by atoms with Gasteiger partial charge >= 0.3 is 0 Å². The maximum Gasteiger partial charge on any atom is 0.226 e. The third-order valence-electron chi connectivity index (χ3n) is 3.16. The van der Waals surface area contributed by atoms with Crippen LogP contribution in [0.25, 0.3) is 0 Å². The van der Waals surface area contributed by atoms with E-state index in [2.05, 4.69) is 10.6 Å². The molecule has 0 unspecified atom stereocenters. The van der Waals surface area contributed by atoms with Gasteiger partial charge in [-0.3, -0.25) is 4.79 Å². The fourth-order valence-electron chi connectivity index (χ4n) is 1.93. The summed E-state index contributed by atoms with van der Waals surface area (Å²) >= 11 is 5.10. The zero-order valence-electron chi connectivity index (χ0n) is 13.4. The highest BCUT2D eigenvalue weighted by atomic mass is 32.1. The summed E-state index contributed by atoms with van der Waals surface area (Å²) in [7, 11) is 3.22. The van der Waals surface area contributed by atoms with Gasteiger partial charge in [0.05, 0.1) is 14.2 Å². The Morgan fingerprint density at radius 3 is 2.59 bits per heavy atom. The molecule has 1 aromatic rings. The summed E-state index contributed by atoms with van der Waals surface area (Å²) in [5.74, 6) is 1.37. The smallest absolute Gasteiger partial charge is 0.226 e. The first-order valence-electron chi connectivity index (χ1n) is 7.39. The van der Waals surface area contributed by atoms with Crippen molar-refractivity contribution >= 4 is 23.2 Å². The van der Waals surface area contributed by atoms with Gasteiger partial charge in [-0.2, -0.15) is 0 Å². The quantitative estimate of drug-likeness (QED) is 0.719. The fraction of sp³-hybridized carbons (Fsp3) is 0.500. The van der Waals surface area contributed by atoms with E-state index in [9.17, 15) is 4.79 Å². The molecule has 0 heterocycles. The summed E-state index contributed by atoms with van der Waals surface area (Å²) in [5.41, 5.74) is 1.10. The summed E-state index contributed by atoms with van der Waals surface area (Å²) in [4.78, 5) is 11.5. The number of carbonyl (C=O) groups is 1. The second-order valence-electron chi connectivity index (χ2n) is 4.85. The Morgan fingerprint density at radius 1 is 1.23 bits per heavy atom. The highest BCUT2D eigenvalue weighted by molar-refractivity contribution is 7.80. The van der Waals surface area contributed by atoms with Crippen LogP contribution in [0.1, 0.15) is 31.7 Å². The van der Waals surface area contributed by atoms with Crippen LogP contribution in [-0.4, -0.2) is 31.8 Å². The van der Waals surface area contributed by atoms with Crippen molar-refractivity contribution in [2.45, 2.75) is 32.6 Å². The van der Waals surface area contributed by atoms with Gasteiger partial charge < -0.3 is 20.1 Å². The van der Waals surface area contributed by atoms with Crippen LogP contribution in [-0.2, 0) is 11.2 Å². The van der Waals surface area contributed by atoms with Crippen LogP contribution in [0, 0.1) is 0 Å². The Balaban J connectivity index is 2.37. The number of hydrogen-bond acceptors (Lipinski definition) is 4. The molecule has 0 radical (unpaired) electrons. The van der Waals surface area contributed by atoms with Gasteiger partial charge in [0.15, 0.2) is 16.6 Å². The number of unbranched alkanes of at least 4 members (excludes halogenated alkanes) is 1. The SMILES string of the molecule is CCCCC(=O)NC(=S)NCCc1ccc(OC)c(OC)c1. The molecule has 0 spiro atoms. The molecule has 0 aliphatic carbocycles. The van der Waals surface area contributed by atoms with Crippen molar-refractivity contribution in [3.05, 3.63) is 23.8 Å². The Bertz CT molecular complexity index is 506. The van der Waals surface area contributed by atoms with Gasteiger partial charge in [-0.05, 0) is 42.8 Å². The molecule has 0 aliphatic heterocycles. The Hall–Kier alpha value is -1.82. The van der Waals surface area contributed by atoms with E-state index in [4.69, 9.17) is 21.7 Å². The predicted molar refractivity (Wildman–Crippen MR) is 91.5 cm³/mol. The first kappa shape index (κ1) is 18.2. The third kappa shape index (κ3) is 6.30. The lowest BCUT2D eigenvalue weighted by atomic mass is 10.1. The second-order valence-corrected chi connectivity index (χ2v) is 5.26. The summed E-state index contributed by atoms with van der Waals surface area (Å²) in [6.45, 7) is 2.69. The van der Waals surface area contributed by atoms with E-state index in [0.29, 0.717) is 29.6 Å². The number of thiocarbonyl (C=S) groups is 1. The summed E-state index contributed by atoms with van der Waals surface area (Å²) in [6, 6.07) is 5.79. The van der Waals surface area contributed by atoms with E-state index >= 15 is 0 Å². The van der Waals surface area contributed by atoms with Crippen LogP contribution in [0.4, 0.5) is 0 Å². The minimum Gasteiger partial charge on any atom is -0.493 e. The molecule has 0 saturated carbocycles. The molecule has 1 amide bonds. The lowest BCUT2D eigenvalue weighted by Gasteiger charge is -2.11. The Kier molecular flexibility index (Phi) is 8.28. The summed E-state index contributed by atoms with van der Waals surface area (Å²) in [5, 5.41) is 6.09. The zero-order valence-corrected chi connectivity index (χ0v) is 14.2. The average Bonchev–Trinajstić information content (AvgIpc) is 2.52. The molecule has 2 N–H and O–H groups in total. The fourth-order valence-corrected chi connectivity index (χ4v) is 2.14. The molecule has 5 nitrogen and oxygen atoms in total. The van der Waals surface area contributed by atoms with Crippen LogP contribution in [0.5, 0.6) is 11.5 Å². The molecule has 6 heteroatoms. The monoisotopic (exact) mass is 324 g/mol. The number of carbonyl (C=O) groups excluding carboxylic acids is 1. The van der Waals surface area contributed by atoms with Crippen LogP contribution < -0.4 is 20.1 Å². The average molecular weight is 324 g/mol. The van der Waals surface area contributed by atoms with E-state index in [0.717, 1.165) is 24.8 Å². The van der Waals surface area contributed by atoms with Crippen molar-refractivity contribution in [1.82, 2.24) is 10.6 Å². The molecule has 1 aromatic carbocycles. The van der Waals surface area contributed by atoms with E-state index in [1.54, 1.807) is 14.2 Å². The molecule has 0 fully saturated rings. The molecule has 122 valence electrons. The van der Waals surface area contributed by atoms with E-state index in [1.165, 1.54) is 0 Å². The van der Waals surface area contributed by atoms with Crippen molar-refractivity contribution in [2.75, 3.05) is 20.8 Å². The van der Waals surface area contributed by atoms with Crippen LogP contribution in [0.2, 0.25) is 0 Å². The van der Waals surface area contributed by atoms with Gasteiger partial charge in [-0.25, -0.2) is 0 Å². The highest BCUT2D eigenvalue weighted by Crippen LogP contribution is 2.27. The normalized spacial score (nSPS) is 9.95. The van der Waals surface area contributed by atoms with E-state index in [-0.39, 0.29) is 5.91 Å². The van der Waals surface area contributed by atoms with Crippen LogP contribution >= 0.6 is 12.2 Å². The first-order valence-corrected chi connectivity index (χ1v) is 7.80. The van der Waals surface area contributed by atoms with Crippen LogP contribution in [0.3, 0.4) is 0 Å².